The molecule has 8 heteroatoms. The lowest BCUT2D eigenvalue weighted by Gasteiger charge is -2.39. The average Bonchev–Trinajstić information content (AvgIpc) is 3.03. The van der Waals surface area contributed by atoms with Crippen molar-refractivity contribution in [2.24, 2.45) is 0 Å². The molecule has 3 atom stereocenters. The summed E-state index contributed by atoms with van der Waals surface area (Å²) in [6.45, 7) is 0. The lowest BCUT2D eigenvalue weighted by Crippen LogP contribution is -2.52. The number of pyridine rings is 1. The highest BCUT2D eigenvalue weighted by Gasteiger charge is 2.44. The number of methoxy groups -OCH3 is 2. The van der Waals surface area contributed by atoms with Gasteiger partial charge in [0, 0.05) is 29.8 Å². The van der Waals surface area contributed by atoms with E-state index in [1.165, 1.54) is 38.5 Å². The Morgan fingerprint density at radius 3 is 2.30 bits per heavy atom. The first-order valence-corrected chi connectivity index (χ1v) is 9.98. The molecule has 2 aliphatic rings. The number of rotatable bonds is 5. The van der Waals surface area contributed by atoms with Crippen LogP contribution < -0.4 is 14.8 Å². The van der Waals surface area contributed by atoms with Gasteiger partial charge in [-0.2, -0.15) is 4.98 Å². The van der Waals surface area contributed by atoms with Crippen LogP contribution in [0.5, 0.6) is 11.8 Å². The molecule has 1 aromatic heterocycles. The molecule has 2 aliphatic heterocycles. The maximum atomic E-state index is 13.3. The molecule has 2 saturated heterocycles. The molecule has 7 nitrogen and oxygen atoms in total. The quantitative estimate of drug-likeness (QED) is 0.815. The van der Waals surface area contributed by atoms with Gasteiger partial charge in [-0.05, 0) is 56.0 Å². The Morgan fingerprint density at radius 1 is 1.03 bits per heavy atom. The van der Waals surface area contributed by atoms with Crippen LogP contribution in [0.15, 0.2) is 36.4 Å². The van der Waals surface area contributed by atoms with Gasteiger partial charge >= 0.3 is 0 Å². The third-order valence-electron chi connectivity index (χ3n) is 5.88. The molecule has 3 heterocycles. The molecule has 2 fully saturated rings. The Balaban J connectivity index is 1.46. The third kappa shape index (κ3) is 3.81. The standard InChI is InChI=1S/C22H24FN3O4/c1-29-19-10-9-18(21(25-19)30-2)22(28)26-16-7-8-17(26)12-15(11-16)24-20(27)13-3-5-14(23)6-4-13/h3-6,9-10,15-17H,7-8,11-12H2,1-2H3,(H,24,27)/t15?,16-,17+. The first kappa shape index (κ1) is 20.1. The Labute approximate surface area is 174 Å². The van der Waals surface area contributed by atoms with E-state index >= 15 is 0 Å². The van der Waals surface area contributed by atoms with Crippen molar-refractivity contribution in [3.05, 3.63) is 53.3 Å². The van der Waals surface area contributed by atoms with Crippen molar-refractivity contribution in [1.29, 1.82) is 0 Å². The van der Waals surface area contributed by atoms with E-state index in [0.29, 0.717) is 29.8 Å². The van der Waals surface area contributed by atoms with Crippen molar-refractivity contribution in [2.45, 2.75) is 43.8 Å². The van der Waals surface area contributed by atoms with Crippen molar-refractivity contribution in [2.75, 3.05) is 14.2 Å². The van der Waals surface area contributed by atoms with Crippen molar-refractivity contribution < 1.29 is 23.5 Å². The predicted molar refractivity (Wildman–Crippen MR) is 107 cm³/mol. The summed E-state index contributed by atoms with van der Waals surface area (Å²) in [7, 11) is 2.99. The third-order valence-corrected chi connectivity index (χ3v) is 5.88. The first-order chi connectivity index (χ1) is 14.5. The van der Waals surface area contributed by atoms with E-state index in [-0.39, 0.29) is 41.6 Å². The van der Waals surface area contributed by atoms with Gasteiger partial charge in [-0.25, -0.2) is 4.39 Å². The summed E-state index contributed by atoms with van der Waals surface area (Å²) in [5.74, 6) is -0.0862. The summed E-state index contributed by atoms with van der Waals surface area (Å²) < 4.78 is 23.5. The van der Waals surface area contributed by atoms with Gasteiger partial charge in [0.15, 0.2) is 0 Å². The highest BCUT2D eigenvalue weighted by atomic mass is 19.1. The molecule has 2 bridgehead atoms. The number of hydrogen-bond donors (Lipinski definition) is 1. The number of carbonyl (C=O) groups excluding carboxylic acids is 2. The molecule has 0 aliphatic carbocycles. The van der Waals surface area contributed by atoms with Gasteiger partial charge in [0.05, 0.1) is 14.2 Å². The Hall–Kier alpha value is -3.16. The zero-order valence-electron chi connectivity index (χ0n) is 16.9. The number of aromatic nitrogens is 1. The minimum Gasteiger partial charge on any atom is -0.481 e. The number of amides is 2. The normalized spacial score (nSPS) is 22.5. The van der Waals surface area contributed by atoms with Crippen molar-refractivity contribution >= 4 is 11.8 Å². The molecule has 0 radical (unpaired) electrons. The van der Waals surface area contributed by atoms with Gasteiger partial charge in [0.25, 0.3) is 11.8 Å². The number of benzene rings is 1. The lowest BCUT2D eigenvalue weighted by molar-refractivity contribution is 0.0545. The zero-order valence-corrected chi connectivity index (χ0v) is 16.9. The molecule has 2 amide bonds. The summed E-state index contributed by atoms with van der Waals surface area (Å²) in [5.41, 5.74) is 0.834. The van der Waals surface area contributed by atoms with E-state index in [4.69, 9.17) is 9.47 Å². The number of piperidine rings is 1. The lowest BCUT2D eigenvalue weighted by atomic mass is 9.96. The van der Waals surface area contributed by atoms with Crippen LogP contribution in [0.3, 0.4) is 0 Å². The van der Waals surface area contributed by atoms with Crippen LogP contribution in [0.2, 0.25) is 0 Å². The molecule has 4 rings (SSSR count). The number of ether oxygens (including phenoxy) is 2. The summed E-state index contributed by atoms with van der Waals surface area (Å²) in [4.78, 5) is 31.9. The maximum absolute atomic E-state index is 13.3. The second-order valence-electron chi connectivity index (χ2n) is 7.66. The van der Waals surface area contributed by atoms with Crippen molar-refractivity contribution in [3.8, 4) is 11.8 Å². The van der Waals surface area contributed by atoms with E-state index in [0.717, 1.165) is 12.8 Å². The minimum absolute atomic E-state index is 0.0278. The molecule has 30 heavy (non-hydrogen) atoms. The van der Waals surface area contributed by atoms with Crippen LogP contribution in [0.1, 0.15) is 46.4 Å². The molecule has 0 saturated carbocycles. The van der Waals surface area contributed by atoms with Crippen LogP contribution in [0.25, 0.3) is 0 Å². The number of nitrogens with zero attached hydrogens (tertiary/aromatic N) is 2. The first-order valence-electron chi connectivity index (χ1n) is 9.98. The fraction of sp³-hybridized carbons (Fsp3) is 0.409. The summed E-state index contributed by atoms with van der Waals surface area (Å²) in [6.07, 6.45) is 3.15. The number of nitrogens with one attached hydrogen (secondary N) is 1. The zero-order chi connectivity index (χ0) is 21.3. The molecule has 1 unspecified atom stereocenters. The van der Waals surface area contributed by atoms with Crippen LogP contribution in [-0.2, 0) is 0 Å². The highest BCUT2D eigenvalue weighted by molar-refractivity contribution is 5.97. The van der Waals surface area contributed by atoms with Crippen molar-refractivity contribution in [3.63, 3.8) is 0 Å². The molecule has 0 spiro atoms. The van der Waals surface area contributed by atoms with Crippen molar-refractivity contribution in [1.82, 2.24) is 15.2 Å². The van der Waals surface area contributed by atoms with Gasteiger partial charge in [0.1, 0.15) is 11.4 Å². The Morgan fingerprint density at radius 2 is 1.70 bits per heavy atom. The Bertz CT molecular complexity index is 936. The number of carbonyl (C=O) groups is 2. The van der Waals surface area contributed by atoms with Crippen LogP contribution >= 0.6 is 0 Å². The molecular formula is C22H24FN3O4. The van der Waals surface area contributed by atoms with E-state index in [1.807, 2.05) is 4.90 Å². The predicted octanol–water partition coefficient (Wildman–Crippen LogP) is 2.80. The van der Waals surface area contributed by atoms with Crippen LogP contribution in [0, 0.1) is 5.82 Å². The second-order valence-corrected chi connectivity index (χ2v) is 7.66. The van der Waals surface area contributed by atoms with Gasteiger partial charge in [0.2, 0.25) is 11.8 Å². The molecule has 1 aromatic carbocycles. The van der Waals surface area contributed by atoms with Crippen LogP contribution in [0.4, 0.5) is 4.39 Å². The average molecular weight is 413 g/mol. The molecular weight excluding hydrogens is 389 g/mol. The van der Waals surface area contributed by atoms with Gasteiger partial charge in [-0.1, -0.05) is 0 Å². The smallest absolute Gasteiger partial charge is 0.259 e. The fourth-order valence-electron chi connectivity index (χ4n) is 4.49. The molecule has 2 aromatic rings. The second kappa shape index (κ2) is 8.30. The SMILES string of the molecule is COc1ccc(C(=O)N2[C@@H]3CC[C@H]2CC(NC(=O)c2ccc(F)cc2)C3)c(OC)n1. The molecule has 1 N–H and O–H groups in total. The van der Waals surface area contributed by atoms with E-state index in [9.17, 15) is 14.0 Å². The molecule has 158 valence electrons. The largest absolute Gasteiger partial charge is 0.481 e. The summed E-state index contributed by atoms with van der Waals surface area (Å²) in [5, 5.41) is 3.04. The Kier molecular flexibility index (Phi) is 5.57. The maximum Gasteiger partial charge on any atom is 0.259 e. The monoisotopic (exact) mass is 413 g/mol. The van der Waals surface area contributed by atoms with Gasteiger partial charge < -0.3 is 19.7 Å². The topological polar surface area (TPSA) is 80.8 Å². The van der Waals surface area contributed by atoms with E-state index in [1.54, 1.807) is 12.1 Å². The number of fused-ring (bicyclic) bond motifs is 2. The summed E-state index contributed by atoms with van der Waals surface area (Å²) >= 11 is 0. The van der Waals surface area contributed by atoms with E-state index < -0.39 is 0 Å². The summed E-state index contributed by atoms with van der Waals surface area (Å²) in [6, 6.07) is 8.87. The highest BCUT2D eigenvalue weighted by Crippen LogP contribution is 2.38. The number of hydrogen-bond acceptors (Lipinski definition) is 5. The van der Waals surface area contributed by atoms with Crippen LogP contribution in [-0.4, -0.2) is 54.0 Å². The number of halogens is 1. The minimum atomic E-state index is -0.375. The fourth-order valence-corrected chi connectivity index (χ4v) is 4.49. The van der Waals surface area contributed by atoms with E-state index in [2.05, 4.69) is 10.3 Å². The van der Waals surface area contributed by atoms with Gasteiger partial charge in [-0.15, -0.1) is 0 Å². The van der Waals surface area contributed by atoms with Gasteiger partial charge in [-0.3, -0.25) is 9.59 Å².